The highest BCUT2D eigenvalue weighted by molar-refractivity contribution is 9.10. The zero-order valence-corrected chi connectivity index (χ0v) is 21.1. The third kappa shape index (κ3) is 4.92. The van der Waals surface area contributed by atoms with Crippen molar-refractivity contribution in [2.45, 2.75) is 25.3 Å². The summed E-state index contributed by atoms with van der Waals surface area (Å²) in [6, 6.07) is 19.3. The van der Waals surface area contributed by atoms with Crippen molar-refractivity contribution in [3.63, 3.8) is 0 Å². The summed E-state index contributed by atoms with van der Waals surface area (Å²) in [4.78, 5) is 35.0. The Morgan fingerprint density at radius 2 is 1.51 bits per heavy atom. The molecule has 9 nitrogen and oxygen atoms in total. The second-order valence-electron chi connectivity index (χ2n) is 8.95. The van der Waals surface area contributed by atoms with E-state index >= 15 is 0 Å². The fraction of sp³-hybridized carbons (Fsp3) is 0.185. The molecule has 2 atom stereocenters. The molecule has 3 aromatic rings. The molecule has 0 N–H and O–H groups in total. The van der Waals surface area contributed by atoms with Gasteiger partial charge in [-0.25, -0.2) is 5.01 Å². The van der Waals surface area contributed by atoms with E-state index in [9.17, 15) is 25.0 Å². The van der Waals surface area contributed by atoms with Crippen LogP contribution in [0.1, 0.15) is 46.8 Å². The van der Waals surface area contributed by atoms with Crippen LogP contribution in [0.3, 0.4) is 0 Å². The minimum absolute atomic E-state index is 0.0175. The highest BCUT2D eigenvalue weighted by Gasteiger charge is 2.44. The quantitative estimate of drug-likeness (QED) is 0.254. The number of nitro groups is 2. The average Bonchev–Trinajstić information content (AvgIpc) is 3.30. The number of carbonyl (C=O) groups excluding carboxylic acids is 1. The van der Waals surface area contributed by atoms with Gasteiger partial charge in [0.05, 0.1) is 21.6 Å². The fourth-order valence-corrected chi connectivity index (χ4v) is 5.18. The fourth-order valence-electron chi connectivity index (χ4n) is 4.91. The van der Waals surface area contributed by atoms with Gasteiger partial charge in [-0.1, -0.05) is 28.1 Å². The van der Waals surface area contributed by atoms with E-state index in [0.29, 0.717) is 5.56 Å². The summed E-state index contributed by atoms with van der Waals surface area (Å²) in [6.07, 6.45) is 4.42. The van der Waals surface area contributed by atoms with E-state index in [-0.39, 0.29) is 23.2 Å². The number of hydrazone groups is 1. The largest absolute Gasteiger partial charge is 0.274 e. The standard InChI is InChI=1S/C27H21BrN4O5/c28-21-10-6-19(7-11-21)27(33)30-26(18-8-14-23(15-9-18)32(36)37)24-3-1-2-20(25(24)29-30)16-17-4-12-22(13-5-17)31(34)35/h4-16,24,26H,1-3H2/b20-16+/t24-,26+/m1/s1. The molecule has 186 valence electrons. The maximum absolute atomic E-state index is 13.6. The summed E-state index contributed by atoms with van der Waals surface area (Å²) < 4.78 is 0.852. The maximum Gasteiger partial charge on any atom is 0.274 e. The predicted molar refractivity (Wildman–Crippen MR) is 142 cm³/mol. The lowest BCUT2D eigenvalue weighted by atomic mass is 9.77. The molecule has 2 aliphatic rings. The summed E-state index contributed by atoms with van der Waals surface area (Å²) in [7, 11) is 0. The normalized spacial score (nSPS) is 19.9. The molecule has 1 fully saturated rings. The predicted octanol–water partition coefficient (Wildman–Crippen LogP) is 6.70. The Morgan fingerprint density at radius 3 is 2.11 bits per heavy atom. The molecule has 0 radical (unpaired) electrons. The first-order chi connectivity index (χ1) is 17.8. The Labute approximate surface area is 220 Å². The summed E-state index contributed by atoms with van der Waals surface area (Å²) in [6.45, 7) is 0. The molecule has 1 amide bonds. The van der Waals surface area contributed by atoms with Gasteiger partial charge in [0.2, 0.25) is 0 Å². The van der Waals surface area contributed by atoms with Crippen LogP contribution in [0.2, 0.25) is 0 Å². The van der Waals surface area contributed by atoms with E-state index in [1.165, 1.54) is 29.3 Å². The number of nitrogens with zero attached hydrogens (tertiary/aromatic N) is 4. The van der Waals surface area contributed by atoms with Crippen molar-refractivity contribution in [2.75, 3.05) is 0 Å². The molecular formula is C27H21BrN4O5. The van der Waals surface area contributed by atoms with Crippen LogP contribution in [0.4, 0.5) is 11.4 Å². The van der Waals surface area contributed by atoms with Gasteiger partial charge < -0.3 is 0 Å². The van der Waals surface area contributed by atoms with Gasteiger partial charge in [0.15, 0.2) is 0 Å². The minimum atomic E-state index is -0.448. The Morgan fingerprint density at radius 1 is 0.919 bits per heavy atom. The topological polar surface area (TPSA) is 119 Å². The van der Waals surface area contributed by atoms with Crippen molar-refractivity contribution in [3.05, 3.63) is 120 Å². The van der Waals surface area contributed by atoms with Crippen LogP contribution in [0.25, 0.3) is 6.08 Å². The van der Waals surface area contributed by atoms with Gasteiger partial charge in [-0.3, -0.25) is 25.0 Å². The molecular weight excluding hydrogens is 540 g/mol. The highest BCUT2D eigenvalue weighted by atomic mass is 79.9. The Kier molecular flexibility index (Phi) is 6.66. The Balaban J connectivity index is 1.55. The van der Waals surface area contributed by atoms with E-state index < -0.39 is 15.9 Å². The van der Waals surface area contributed by atoms with Crippen molar-refractivity contribution in [2.24, 2.45) is 11.0 Å². The van der Waals surface area contributed by atoms with Crippen molar-refractivity contribution in [1.29, 1.82) is 0 Å². The van der Waals surface area contributed by atoms with Crippen LogP contribution in [0.5, 0.6) is 0 Å². The summed E-state index contributed by atoms with van der Waals surface area (Å²) >= 11 is 3.39. The van der Waals surface area contributed by atoms with E-state index in [4.69, 9.17) is 5.10 Å². The smallest absolute Gasteiger partial charge is 0.267 e. The summed E-state index contributed by atoms with van der Waals surface area (Å²) in [5, 5.41) is 28.5. The van der Waals surface area contributed by atoms with E-state index in [1.54, 1.807) is 48.5 Å². The molecule has 10 heteroatoms. The van der Waals surface area contributed by atoms with Gasteiger partial charge in [-0.15, -0.1) is 0 Å². The van der Waals surface area contributed by atoms with Gasteiger partial charge in [-0.2, -0.15) is 5.10 Å². The van der Waals surface area contributed by atoms with Crippen molar-refractivity contribution in [3.8, 4) is 0 Å². The maximum atomic E-state index is 13.6. The monoisotopic (exact) mass is 560 g/mol. The number of amides is 1. The number of halogens is 1. The van der Waals surface area contributed by atoms with Crippen molar-refractivity contribution in [1.82, 2.24) is 5.01 Å². The molecule has 0 aromatic heterocycles. The molecule has 0 spiro atoms. The average molecular weight is 561 g/mol. The van der Waals surface area contributed by atoms with Gasteiger partial charge in [0.1, 0.15) is 0 Å². The van der Waals surface area contributed by atoms with E-state index in [2.05, 4.69) is 15.9 Å². The molecule has 5 rings (SSSR count). The van der Waals surface area contributed by atoms with E-state index in [1.807, 2.05) is 6.08 Å². The van der Waals surface area contributed by atoms with Gasteiger partial charge in [-0.05, 0) is 78.4 Å². The number of hydrogen-bond donors (Lipinski definition) is 0. The number of allylic oxidation sites excluding steroid dienone is 1. The van der Waals surface area contributed by atoms with Crippen LogP contribution in [0.15, 0.2) is 87.9 Å². The molecule has 0 saturated heterocycles. The van der Waals surface area contributed by atoms with Gasteiger partial charge in [0.25, 0.3) is 17.3 Å². The first-order valence-corrected chi connectivity index (χ1v) is 12.5. The third-order valence-corrected chi connectivity index (χ3v) is 7.22. The minimum Gasteiger partial charge on any atom is -0.267 e. The zero-order chi connectivity index (χ0) is 26.1. The molecule has 0 bridgehead atoms. The summed E-state index contributed by atoms with van der Waals surface area (Å²) in [5.74, 6) is -0.341. The van der Waals surface area contributed by atoms with Crippen LogP contribution < -0.4 is 0 Å². The van der Waals surface area contributed by atoms with Crippen LogP contribution in [-0.2, 0) is 0 Å². The number of benzene rings is 3. The van der Waals surface area contributed by atoms with Gasteiger partial charge in [0, 0.05) is 40.2 Å². The molecule has 0 unspecified atom stereocenters. The van der Waals surface area contributed by atoms with Gasteiger partial charge >= 0.3 is 0 Å². The molecule has 1 saturated carbocycles. The van der Waals surface area contributed by atoms with Crippen LogP contribution >= 0.6 is 15.9 Å². The second kappa shape index (κ2) is 10.1. The number of nitro benzene ring substituents is 2. The Hall–Kier alpha value is -4.18. The van der Waals surface area contributed by atoms with Crippen molar-refractivity contribution >= 4 is 45.0 Å². The SMILES string of the molecule is O=C(c1ccc(Br)cc1)N1N=C2/C(=C/c3ccc([N+](=O)[O-])cc3)CCC[C@H]2[C@@H]1c1ccc([N+](=O)[O-])cc1. The van der Waals surface area contributed by atoms with Crippen molar-refractivity contribution < 1.29 is 14.6 Å². The summed E-state index contributed by atoms with van der Waals surface area (Å²) in [5.41, 5.74) is 3.85. The molecule has 1 aliphatic carbocycles. The number of fused-ring (bicyclic) bond motifs is 1. The van der Waals surface area contributed by atoms with Crippen LogP contribution in [-0.4, -0.2) is 26.5 Å². The van der Waals surface area contributed by atoms with Crippen LogP contribution in [0, 0.1) is 26.1 Å². The first kappa shape index (κ1) is 24.5. The van der Waals surface area contributed by atoms with E-state index in [0.717, 1.165) is 46.1 Å². The number of rotatable bonds is 5. The molecule has 1 aliphatic heterocycles. The first-order valence-electron chi connectivity index (χ1n) is 11.7. The third-order valence-electron chi connectivity index (χ3n) is 6.69. The number of carbonyl (C=O) groups is 1. The molecule has 1 heterocycles. The lowest BCUT2D eigenvalue weighted by Gasteiger charge is -2.29. The molecule has 37 heavy (non-hydrogen) atoms. The lowest BCUT2D eigenvalue weighted by Crippen LogP contribution is -2.31. The zero-order valence-electron chi connectivity index (χ0n) is 19.5. The Bertz CT molecular complexity index is 1430. The number of hydrogen-bond acceptors (Lipinski definition) is 6. The second-order valence-corrected chi connectivity index (χ2v) is 9.87. The lowest BCUT2D eigenvalue weighted by molar-refractivity contribution is -0.385. The highest BCUT2D eigenvalue weighted by Crippen LogP contribution is 2.45. The number of non-ortho nitro benzene ring substituents is 2. The molecule has 3 aromatic carbocycles.